The molecule has 1 unspecified atom stereocenters. The lowest BCUT2D eigenvalue weighted by atomic mass is 10.0. The van der Waals surface area contributed by atoms with Crippen LogP contribution in [-0.2, 0) is 11.3 Å². The predicted molar refractivity (Wildman–Crippen MR) is 82.1 cm³/mol. The first-order chi connectivity index (χ1) is 10.2. The first kappa shape index (κ1) is 13.5. The van der Waals surface area contributed by atoms with E-state index in [0.717, 1.165) is 17.8 Å². The Bertz CT molecular complexity index is 658. The zero-order chi connectivity index (χ0) is 14.8. The van der Waals surface area contributed by atoms with Crippen molar-refractivity contribution in [2.75, 3.05) is 5.01 Å². The van der Waals surface area contributed by atoms with E-state index in [4.69, 9.17) is 0 Å². The highest BCUT2D eigenvalue weighted by Crippen LogP contribution is 2.26. The van der Waals surface area contributed by atoms with Gasteiger partial charge in [-0.3, -0.25) is 4.79 Å². The van der Waals surface area contributed by atoms with Crippen molar-refractivity contribution in [3.05, 3.63) is 48.5 Å². The molecule has 21 heavy (non-hydrogen) atoms. The Hall–Kier alpha value is -2.43. The second-order valence-electron chi connectivity index (χ2n) is 5.27. The Morgan fingerprint density at radius 2 is 2.00 bits per heavy atom. The van der Waals surface area contributed by atoms with Crippen LogP contribution in [0.3, 0.4) is 0 Å². The third-order valence-corrected chi connectivity index (χ3v) is 3.73. The average molecular weight is 282 g/mol. The summed E-state index contributed by atoms with van der Waals surface area (Å²) in [6.07, 6.45) is 6.12. The SMILES string of the molecule is CCC1C(=O)N(c2ccc(C)cc2)N=C1Cn1ccnc1. The number of rotatable bonds is 4. The van der Waals surface area contributed by atoms with Crippen LogP contribution < -0.4 is 5.01 Å². The van der Waals surface area contributed by atoms with Crippen LogP contribution in [0, 0.1) is 12.8 Å². The van der Waals surface area contributed by atoms with Gasteiger partial charge in [-0.15, -0.1) is 0 Å². The summed E-state index contributed by atoms with van der Waals surface area (Å²) in [4.78, 5) is 16.6. The summed E-state index contributed by atoms with van der Waals surface area (Å²) in [6.45, 7) is 4.65. The Labute approximate surface area is 123 Å². The standard InChI is InChI=1S/C16H18N4O/c1-3-14-15(10-19-9-8-17-11-19)18-20(16(14)21)13-6-4-12(2)5-7-13/h4-9,11,14H,3,10H2,1-2H3. The highest BCUT2D eigenvalue weighted by Gasteiger charge is 2.35. The van der Waals surface area contributed by atoms with Crippen molar-refractivity contribution in [2.45, 2.75) is 26.8 Å². The predicted octanol–water partition coefficient (Wildman–Crippen LogP) is 2.62. The van der Waals surface area contributed by atoms with Gasteiger partial charge in [0.25, 0.3) is 5.91 Å². The number of carbonyl (C=O) groups excluding carboxylic acids is 1. The number of anilines is 1. The van der Waals surface area contributed by atoms with Crippen LogP contribution in [-0.4, -0.2) is 21.2 Å². The lowest BCUT2D eigenvalue weighted by Gasteiger charge is -2.13. The summed E-state index contributed by atoms with van der Waals surface area (Å²) < 4.78 is 1.94. The summed E-state index contributed by atoms with van der Waals surface area (Å²) in [7, 11) is 0. The molecule has 1 amide bonds. The van der Waals surface area contributed by atoms with Gasteiger partial charge in [0.15, 0.2) is 0 Å². The van der Waals surface area contributed by atoms with Crippen LogP contribution in [0.5, 0.6) is 0 Å². The van der Waals surface area contributed by atoms with Crippen molar-refractivity contribution in [1.29, 1.82) is 0 Å². The molecule has 0 N–H and O–H groups in total. The molecule has 2 aromatic rings. The molecule has 0 fully saturated rings. The van der Waals surface area contributed by atoms with E-state index in [1.807, 2.05) is 48.9 Å². The van der Waals surface area contributed by atoms with Gasteiger partial charge in [0.05, 0.1) is 30.2 Å². The van der Waals surface area contributed by atoms with Crippen molar-refractivity contribution >= 4 is 17.3 Å². The van der Waals surface area contributed by atoms with Crippen LogP contribution in [0.15, 0.2) is 48.1 Å². The maximum absolute atomic E-state index is 12.5. The summed E-state index contributed by atoms with van der Waals surface area (Å²) in [5.41, 5.74) is 2.88. The van der Waals surface area contributed by atoms with E-state index in [-0.39, 0.29) is 11.8 Å². The molecule has 0 radical (unpaired) electrons. The Kier molecular flexibility index (Phi) is 3.56. The molecule has 1 aromatic heterocycles. The van der Waals surface area contributed by atoms with E-state index >= 15 is 0 Å². The summed E-state index contributed by atoms with van der Waals surface area (Å²) in [6, 6.07) is 7.85. The van der Waals surface area contributed by atoms with Crippen LogP contribution >= 0.6 is 0 Å². The molecular formula is C16H18N4O. The zero-order valence-corrected chi connectivity index (χ0v) is 12.2. The quantitative estimate of drug-likeness (QED) is 0.865. The number of aromatic nitrogens is 2. The third-order valence-electron chi connectivity index (χ3n) is 3.73. The highest BCUT2D eigenvalue weighted by atomic mass is 16.2. The van der Waals surface area contributed by atoms with Gasteiger partial charge in [-0.05, 0) is 25.5 Å². The number of amides is 1. The van der Waals surface area contributed by atoms with Crippen molar-refractivity contribution < 1.29 is 4.79 Å². The van der Waals surface area contributed by atoms with Gasteiger partial charge in [0.2, 0.25) is 0 Å². The fraction of sp³-hybridized carbons (Fsp3) is 0.312. The van der Waals surface area contributed by atoms with Crippen molar-refractivity contribution in [3.63, 3.8) is 0 Å². The molecule has 108 valence electrons. The molecule has 1 aliphatic rings. The first-order valence-electron chi connectivity index (χ1n) is 7.12. The second-order valence-corrected chi connectivity index (χ2v) is 5.27. The molecule has 0 aliphatic carbocycles. The molecular weight excluding hydrogens is 264 g/mol. The van der Waals surface area contributed by atoms with Gasteiger partial charge < -0.3 is 4.57 Å². The summed E-state index contributed by atoms with van der Waals surface area (Å²) >= 11 is 0. The van der Waals surface area contributed by atoms with E-state index in [2.05, 4.69) is 10.1 Å². The first-order valence-corrected chi connectivity index (χ1v) is 7.12. The summed E-state index contributed by atoms with van der Waals surface area (Å²) in [5.74, 6) is -0.0924. The van der Waals surface area contributed by atoms with Crippen molar-refractivity contribution in [1.82, 2.24) is 9.55 Å². The van der Waals surface area contributed by atoms with E-state index in [1.54, 1.807) is 12.5 Å². The maximum Gasteiger partial charge on any atom is 0.256 e. The zero-order valence-electron chi connectivity index (χ0n) is 12.2. The Morgan fingerprint density at radius 1 is 1.24 bits per heavy atom. The molecule has 1 aromatic carbocycles. The summed E-state index contributed by atoms with van der Waals surface area (Å²) in [5, 5.41) is 6.08. The number of aryl methyl sites for hydroxylation is 1. The normalized spacial score (nSPS) is 18.2. The van der Waals surface area contributed by atoms with Crippen LogP contribution in [0.4, 0.5) is 5.69 Å². The van der Waals surface area contributed by atoms with Crippen molar-refractivity contribution in [3.8, 4) is 0 Å². The van der Waals surface area contributed by atoms with E-state index in [1.165, 1.54) is 10.6 Å². The molecule has 0 saturated heterocycles. The maximum atomic E-state index is 12.5. The van der Waals surface area contributed by atoms with Crippen LogP contribution in [0.1, 0.15) is 18.9 Å². The van der Waals surface area contributed by atoms with Gasteiger partial charge in [-0.25, -0.2) is 9.99 Å². The van der Waals surface area contributed by atoms with Gasteiger partial charge in [-0.2, -0.15) is 5.10 Å². The van der Waals surface area contributed by atoms with Gasteiger partial charge >= 0.3 is 0 Å². The van der Waals surface area contributed by atoms with Crippen LogP contribution in [0.2, 0.25) is 0 Å². The molecule has 2 heterocycles. The minimum Gasteiger partial charge on any atom is -0.332 e. The highest BCUT2D eigenvalue weighted by molar-refractivity contribution is 6.15. The fourth-order valence-corrected chi connectivity index (χ4v) is 2.53. The molecule has 3 rings (SSSR count). The molecule has 5 nitrogen and oxygen atoms in total. The smallest absolute Gasteiger partial charge is 0.256 e. The van der Waals surface area contributed by atoms with Crippen LogP contribution in [0.25, 0.3) is 0 Å². The number of hydrazone groups is 1. The van der Waals surface area contributed by atoms with E-state index in [9.17, 15) is 4.79 Å². The molecule has 1 atom stereocenters. The number of hydrogen-bond donors (Lipinski definition) is 0. The Morgan fingerprint density at radius 3 is 2.62 bits per heavy atom. The van der Waals surface area contributed by atoms with E-state index < -0.39 is 0 Å². The largest absolute Gasteiger partial charge is 0.332 e. The van der Waals surface area contributed by atoms with E-state index in [0.29, 0.717) is 6.54 Å². The minimum atomic E-state index is -0.145. The molecule has 0 spiro atoms. The second kappa shape index (κ2) is 5.52. The number of hydrogen-bond acceptors (Lipinski definition) is 3. The minimum absolute atomic E-state index is 0.0523. The molecule has 0 bridgehead atoms. The third kappa shape index (κ3) is 2.59. The molecule has 5 heteroatoms. The molecule has 0 saturated carbocycles. The number of benzene rings is 1. The van der Waals surface area contributed by atoms with Gasteiger partial charge in [0.1, 0.15) is 0 Å². The lowest BCUT2D eigenvalue weighted by Crippen LogP contribution is -2.27. The lowest BCUT2D eigenvalue weighted by molar-refractivity contribution is -0.119. The number of carbonyl (C=O) groups is 1. The number of imidazole rings is 1. The van der Waals surface area contributed by atoms with Gasteiger partial charge in [-0.1, -0.05) is 24.6 Å². The Balaban J connectivity index is 1.89. The molecule has 1 aliphatic heterocycles. The topological polar surface area (TPSA) is 50.5 Å². The fourth-order valence-electron chi connectivity index (χ4n) is 2.53. The average Bonchev–Trinajstić information content (AvgIpc) is 3.09. The van der Waals surface area contributed by atoms with Gasteiger partial charge in [0, 0.05) is 12.4 Å². The number of nitrogens with zero attached hydrogens (tertiary/aromatic N) is 4. The monoisotopic (exact) mass is 282 g/mol. The van der Waals surface area contributed by atoms with Crippen molar-refractivity contribution in [2.24, 2.45) is 11.0 Å².